The molecule has 1 amide bonds. The molecule has 6 heteroatoms. The zero-order valence-electron chi connectivity index (χ0n) is 16.0. The molecule has 1 fully saturated rings. The minimum atomic E-state index is -0.0798. The minimum absolute atomic E-state index is 0.0798. The number of rotatable bonds is 10. The summed E-state index contributed by atoms with van der Waals surface area (Å²) in [6.07, 6.45) is 4.79. The van der Waals surface area contributed by atoms with Crippen molar-refractivity contribution in [3.05, 3.63) is 35.9 Å². The molecule has 6 nitrogen and oxygen atoms in total. The summed E-state index contributed by atoms with van der Waals surface area (Å²) >= 11 is 0. The standard InChI is InChI=1S/C20H32N4O2/c1-3-21-19(24-16-20(10-7-11-20)12-13-26-2)23-15-18(25)22-14-17-8-5-4-6-9-17/h4-6,8-9H,3,7,10-16H2,1-2H3,(H,22,25)(H2,21,23,24). The molecule has 2 rings (SSSR count). The number of ether oxygens (including phenoxy) is 1. The van der Waals surface area contributed by atoms with E-state index in [2.05, 4.69) is 20.9 Å². The molecule has 1 aliphatic carbocycles. The summed E-state index contributed by atoms with van der Waals surface area (Å²) in [5.41, 5.74) is 1.39. The molecule has 0 bridgehead atoms. The predicted octanol–water partition coefficient (Wildman–Crippen LogP) is 2.06. The second-order valence-electron chi connectivity index (χ2n) is 6.91. The molecule has 26 heavy (non-hydrogen) atoms. The van der Waals surface area contributed by atoms with Crippen LogP contribution in [0.5, 0.6) is 0 Å². The first-order valence-electron chi connectivity index (χ1n) is 9.49. The molecule has 0 unspecified atom stereocenters. The van der Waals surface area contributed by atoms with Crippen molar-refractivity contribution in [2.75, 3.05) is 33.4 Å². The smallest absolute Gasteiger partial charge is 0.242 e. The van der Waals surface area contributed by atoms with Gasteiger partial charge in [0.25, 0.3) is 0 Å². The molecule has 0 atom stereocenters. The second kappa shape index (κ2) is 10.8. The number of carbonyl (C=O) groups excluding carboxylic acids is 1. The van der Waals surface area contributed by atoms with Crippen molar-refractivity contribution in [3.8, 4) is 0 Å². The first-order valence-corrected chi connectivity index (χ1v) is 9.49. The van der Waals surface area contributed by atoms with Gasteiger partial charge in [-0.2, -0.15) is 0 Å². The van der Waals surface area contributed by atoms with Crippen LogP contribution in [-0.4, -0.2) is 45.2 Å². The van der Waals surface area contributed by atoms with Crippen molar-refractivity contribution in [1.82, 2.24) is 16.0 Å². The van der Waals surface area contributed by atoms with E-state index in [-0.39, 0.29) is 12.5 Å². The van der Waals surface area contributed by atoms with Gasteiger partial charge in [0, 0.05) is 33.4 Å². The summed E-state index contributed by atoms with van der Waals surface area (Å²) < 4.78 is 5.24. The summed E-state index contributed by atoms with van der Waals surface area (Å²) in [4.78, 5) is 16.5. The van der Waals surface area contributed by atoms with Crippen LogP contribution in [0.4, 0.5) is 0 Å². The molecule has 0 heterocycles. The number of hydrogen-bond donors (Lipinski definition) is 3. The lowest BCUT2D eigenvalue weighted by Gasteiger charge is -2.42. The van der Waals surface area contributed by atoms with Gasteiger partial charge in [-0.15, -0.1) is 0 Å². The average Bonchev–Trinajstić information content (AvgIpc) is 2.64. The lowest BCUT2D eigenvalue weighted by atomic mass is 9.67. The van der Waals surface area contributed by atoms with Crippen molar-refractivity contribution in [2.24, 2.45) is 10.4 Å². The van der Waals surface area contributed by atoms with Gasteiger partial charge in [-0.05, 0) is 37.2 Å². The second-order valence-corrected chi connectivity index (χ2v) is 6.91. The van der Waals surface area contributed by atoms with Crippen LogP contribution >= 0.6 is 0 Å². The number of amides is 1. The van der Waals surface area contributed by atoms with Gasteiger partial charge in [0.05, 0.1) is 0 Å². The maximum Gasteiger partial charge on any atom is 0.242 e. The van der Waals surface area contributed by atoms with Crippen molar-refractivity contribution >= 4 is 11.9 Å². The van der Waals surface area contributed by atoms with Gasteiger partial charge in [0.15, 0.2) is 5.96 Å². The minimum Gasteiger partial charge on any atom is -0.385 e. The van der Waals surface area contributed by atoms with Crippen molar-refractivity contribution < 1.29 is 9.53 Å². The Morgan fingerprint density at radius 2 is 1.96 bits per heavy atom. The number of benzene rings is 1. The van der Waals surface area contributed by atoms with Gasteiger partial charge >= 0.3 is 0 Å². The van der Waals surface area contributed by atoms with Gasteiger partial charge in [0.2, 0.25) is 5.91 Å². The lowest BCUT2D eigenvalue weighted by molar-refractivity contribution is -0.119. The molecule has 1 aromatic carbocycles. The van der Waals surface area contributed by atoms with E-state index >= 15 is 0 Å². The van der Waals surface area contributed by atoms with E-state index in [9.17, 15) is 4.79 Å². The van der Waals surface area contributed by atoms with Gasteiger partial charge in [-0.3, -0.25) is 4.79 Å². The van der Waals surface area contributed by atoms with Crippen molar-refractivity contribution in [3.63, 3.8) is 0 Å². The number of carbonyl (C=O) groups is 1. The van der Waals surface area contributed by atoms with Crippen LogP contribution in [0.3, 0.4) is 0 Å². The number of aliphatic imine (C=N–C) groups is 1. The normalized spacial score (nSPS) is 15.8. The molecule has 3 N–H and O–H groups in total. The van der Waals surface area contributed by atoms with E-state index in [1.165, 1.54) is 19.3 Å². The first-order chi connectivity index (χ1) is 12.7. The molecule has 0 spiro atoms. The van der Waals surface area contributed by atoms with E-state index in [0.29, 0.717) is 17.9 Å². The summed E-state index contributed by atoms with van der Waals surface area (Å²) in [7, 11) is 1.75. The van der Waals surface area contributed by atoms with Crippen molar-refractivity contribution in [1.29, 1.82) is 0 Å². The monoisotopic (exact) mass is 360 g/mol. The van der Waals surface area contributed by atoms with Gasteiger partial charge in [-0.1, -0.05) is 36.8 Å². The lowest BCUT2D eigenvalue weighted by Crippen LogP contribution is -2.47. The fourth-order valence-electron chi connectivity index (χ4n) is 3.13. The van der Waals surface area contributed by atoms with Crippen molar-refractivity contribution in [2.45, 2.75) is 39.2 Å². The van der Waals surface area contributed by atoms with Gasteiger partial charge < -0.3 is 20.7 Å². The summed E-state index contributed by atoms with van der Waals surface area (Å²) in [5, 5.41) is 9.52. The summed E-state index contributed by atoms with van der Waals surface area (Å²) in [6.45, 7) is 5.09. The maximum atomic E-state index is 12.0. The van der Waals surface area contributed by atoms with Crippen LogP contribution in [0, 0.1) is 5.41 Å². The first kappa shape index (κ1) is 20.2. The van der Waals surface area contributed by atoms with Gasteiger partial charge in [-0.25, -0.2) is 4.99 Å². The number of guanidine groups is 1. The highest BCUT2D eigenvalue weighted by atomic mass is 16.5. The quantitative estimate of drug-likeness (QED) is 0.441. The Kier molecular flexibility index (Phi) is 8.41. The number of hydrogen-bond acceptors (Lipinski definition) is 3. The van der Waals surface area contributed by atoms with E-state index in [0.717, 1.165) is 31.7 Å². The Labute approximate surface area is 156 Å². The van der Waals surface area contributed by atoms with Crippen LogP contribution in [0.2, 0.25) is 0 Å². The molecule has 1 aliphatic rings. The average molecular weight is 361 g/mol. The number of methoxy groups -OCH3 is 1. The molecular weight excluding hydrogens is 328 g/mol. The highest BCUT2D eigenvalue weighted by molar-refractivity contribution is 5.84. The zero-order chi connectivity index (χ0) is 18.7. The molecule has 1 aromatic rings. The fourth-order valence-corrected chi connectivity index (χ4v) is 3.13. The molecule has 0 aliphatic heterocycles. The maximum absolute atomic E-state index is 12.0. The van der Waals surface area contributed by atoms with E-state index in [1.807, 2.05) is 37.3 Å². The van der Waals surface area contributed by atoms with Crippen LogP contribution in [-0.2, 0) is 16.1 Å². The Bertz CT molecular complexity index is 570. The van der Waals surface area contributed by atoms with Crippen LogP contribution < -0.4 is 16.0 Å². The Morgan fingerprint density at radius 1 is 1.19 bits per heavy atom. The fraction of sp³-hybridized carbons (Fsp3) is 0.600. The third-order valence-corrected chi connectivity index (χ3v) is 4.94. The molecule has 0 radical (unpaired) electrons. The van der Waals surface area contributed by atoms with E-state index in [1.54, 1.807) is 7.11 Å². The Hall–Kier alpha value is -2.08. The van der Waals surface area contributed by atoms with Crippen LogP contribution in [0.25, 0.3) is 0 Å². The largest absolute Gasteiger partial charge is 0.385 e. The third kappa shape index (κ3) is 6.67. The SMILES string of the molecule is CCNC(=NCC(=O)NCc1ccccc1)NCC1(CCOC)CCC1. The van der Waals surface area contributed by atoms with Gasteiger partial charge in [0.1, 0.15) is 6.54 Å². The third-order valence-electron chi connectivity index (χ3n) is 4.94. The Balaban J connectivity index is 1.78. The molecule has 0 aromatic heterocycles. The van der Waals surface area contributed by atoms with Crippen LogP contribution in [0.15, 0.2) is 35.3 Å². The topological polar surface area (TPSA) is 74.8 Å². The highest BCUT2D eigenvalue weighted by Gasteiger charge is 2.36. The molecule has 1 saturated carbocycles. The Morgan fingerprint density at radius 3 is 2.58 bits per heavy atom. The highest BCUT2D eigenvalue weighted by Crippen LogP contribution is 2.43. The summed E-state index contributed by atoms with van der Waals surface area (Å²) in [6, 6.07) is 9.88. The molecular formula is C20H32N4O2. The van der Waals surface area contributed by atoms with E-state index < -0.39 is 0 Å². The number of nitrogens with one attached hydrogen (secondary N) is 3. The zero-order valence-corrected chi connectivity index (χ0v) is 16.0. The molecule has 0 saturated heterocycles. The van der Waals surface area contributed by atoms with Crippen LogP contribution in [0.1, 0.15) is 38.2 Å². The number of nitrogens with zero attached hydrogens (tertiary/aromatic N) is 1. The summed E-state index contributed by atoms with van der Waals surface area (Å²) in [5.74, 6) is 0.620. The van der Waals surface area contributed by atoms with E-state index in [4.69, 9.17) is 4.74 Å². The molecule has 144 valence electrons. The predicted molar refractivity (Wildman–Crippen MR) is 105 cm³/mol.